The molecule has 1 aromatic carbocycles. The Morgan fingerprint density at radius 3 is 2.45 bits per heavy atom. The van der Waals surface area contributed by atoms with Gasteiger partial charge in [0.1, 0.15) is 5.75 Å². The van der Waals surface area contributed by atoms with E-state index >= 15 is 0 Å². The molecule has 2 N–H and O–H groups in total. The average Bonchev–Trinajstić information content (AvgIpc) is 2.87. The predicted octanol–water partition coefficient (Wildman–Crippen LogP) is 5.19. The minimum Gasteiger partial charge on any atom is -0.494 e. The topological polar surface area (TPSA) is 35.2 Å². The summed E-state index contributed by atoms with van der Waals surface area (Å²) in [5.41, 5.74) is 8.60. The van der Waals surface area contributed by atoms with Gasteiger partial charge in [-0.25, -0.2) is 0 Å². The highest BCUT2D eigenvalue weighted by Crippen LogP contribution is 2.38. The summed E-state index contributed by atoms with van der Waals surface area (Å²) in [4.78, 5) is 1.18. The van der Waals surface area contributed by atoms with Crippen molar-refractivity contribution in [1.82, 2.24) is 0 Å². The lowest BCUT2D eigenvalue weighted by molar-refractivity contribution is 0.335. The summed E-state index contributed by atoms with van der Waals surface area (Å²) >= 11 is 7.69. The highest BCUT2D eigenvalue weighted by molar-refractivity contribution is 7.16. The summed E-state index contributed by atoms with van der Waals surface area (Å²) in [5.74, 6) is 1.02. The number of thiophene rings is 1. The maximum atomic E-state index is 6.10. The maximum absolute atomic E-state index is 6.10. The molecular formula is C18H24ClNOS. The molecular weight excluding hydrogens is 314 g/mol. The highest BCUT2D eigenvalue weighted by Gasteiger charge is 2.22. The van der Waals surface area contributed by atoms with Crippen molar-refractivity contribution in [2.45, 2.75) is 39.0 Å². The van der Waals surface area contributed by atoms with Crippen molar-refractivity contribution in [1.29, 1.82) is 0 Å². The molecule has 0 aliphatic rings. The zero-order chi connectivity index (χ0) is 16.3. The molecule has 0 aliphatic carbocycles. The Hall–Kier alpha value is -1.03. The Morgan fingerprint density at radius 2 is 1.95 bits per heavy atom. The van der Waals surface area contributed by atoms with Gasteiger partial charge >= 0.3 is 0 Å². The molecule has 120 valence electrons. The van der Waals surface area contributed by atoms with Crippen LogP contribution in [0.15, 0.2) is 30.3 Å². The molecule has 0 bridgehead atoms. The molecule has 2 nitrogen and oxygen atoms in total. The average molecular weight is 338 g/mol. The monoisotopic (exact) mass is 337 g/mol. The zero-order valence-corrected chi connectivity index (χ0v) is 15.2. The van der Waals surface area contributed by atoms with Gasteiger partial charge in [0.05, 0.1) is 10.9 Å². The molecule has 0 saturated carbocycles. The fourth-order valence-corrected chi connectivity index (χ4v) is 3.68. The molecule has 1 aromatic heterocycles. The van der Waals surface area contributed by atoms with E-state index < -0.39 is 0 Å². The Bertz CT molecular complexity index is 630. The van der Waals surface area contributed by atoms with E-state index in [1.54, 1.807) is 11.3 Å². The van der Waals surface area contributed by atoms with Crippen molar-refractivity contribution in [2.24, 2.45) is 5.73 Å². The second kappa shape index (κ2) is 7.03. The normalized spacial score (nSPS) is 13.2. The smallest absolute Gasteiger partial charge is 0.123 e. The third kappa shape index (κ3) is 3.83. The van der Waals surface area contributed by atoms with Gasteiger partial charge in [-0.05, 0) is 36.1 Å². The maximum Gasteiger partial charge on any atom is 0.123 e. The standard InChI is InChI=1S/C18H24ClNOS/c1-5-21-15-7-6-12(18(2,3)4)10-13(15)14(11-20)16-8-9-17(19)22-16/h6-10,14H,5,11,20H2,1-4H3. The molecule has 1 unspecified atom stereocenters. The van der Waals surface area contributed by atoms with Crippen molar-refractivity contribution in [2.75, 3.05) is 13.2 Å². The largest absolute Gasteiger partial charge is 0.494 e. The summed E-state index contributed by atoms with van der Waals surface area (Å²) < 4.78 is 6.62. The number of rotatable bonds is 5. The molecule has 1 atom stereocenters. The molecule has 0 radical (unpaired) electrons. The highest BCUT2D eigenvalue weighted by atomic mass is 35.5. The molecule has 0 aliphatic heterocycles. The van der Waals surface area contributed by atoms with Gasteiger partial charge in [-0.3, -0.25) is 0 Å². The van der Waals surface area contributed by atoms with Crippen LogP contribution in [0.25, 0.3) is 0 Å². The van der Waals surface area contributed by atoms with E-state index in [4.69, 9.17) is 22.1 Å². The van der Waals surface area contributed by atoms with Crippen molar-refractivity contribution in [3.05, 3.63) is 50.7 Å². The number of benzene rings is 1. The van der Waals surface area contributed by atoms with E-state index in [0.29, 0.717) is 13.2 Å². The number of hydrogen-bond acceptors (Lipinski definition) is 3. The summed E-state index contributed by atoms with van der Waals surface area (Å²) in [5, 5.41) is 0. The fraction of sp³-hybridized carbons (Fsp3) is 0.444. The Balaban J connectivity index is 2.53. The lowest BCUT2D eigenvalue weighted by Crippen LogP contribution is -2.17. The van der Waals surface area contributed by atoms with E-state index in [1.807, 2.05) is 13.0 Å². The SMILES string of the molecule is CCOc1ccc(C(C)(C)C)cc1C(CN)c1ccc(Cl)s1. The van der Waals surface area contributed by atoms with Crippen LogP contribution in [0.1, 0.15) is 49.6 Å². The number of nitrogens with two attached hydrogens (primary N) is 1. The first-order valence-electron chi connectivity index (χ1n) is 7.59. The van der Waals surface area contributed by atoms with Crippen molar-refractivity contribution >= 4 is 22.9 Å². The van der Waals surface area contributed by atoms with Gasteiger partial charge in [0, 0.05) is 22.9 Å². The van der Waals surface area contributed by atoms with Gasteiger partial charge in [-0.1, -0.05) is 44.5 Å². The van der Waals surface area contributed by atoms with Crippen LogP contribution in [0, 0.1) is 0 Å². The van der Waals surface area contributed by atoms with E-state index in [1.165, 1.54) is 10.4 Å². The lowest BCUT2D eigenvalue weighted by Gasteiger charge is -2.24. The minimum atomic E-state index is 0.0890. The van der Waals surface area contributed by atoms with Gasteiger partial charge in [0.25, 0.3) is 0 Å². The van der Waals surface area contributed by atoms with E-state index in [2.05, 4.69) is 45.0 Å². The summed E-state index contributed by atoms with van der Waals surface area (Å²) in [6, 6.07) is 10.4. The molecule has 0 saturated heterocycles. The molecule has 0 spiro atoms. The van der Waals surface area contributed by atoms with Gasteiger partial charge in [0.2, 0.25) is 0 Å². The summed E-state index contributed by atoms with van der Waals surface area (Å²) in [7, 11) is 0. The van der Waals surface area contributed by atoms with Gasteiger partial charge < -0.3 is 10.5 Å². The predicted molar refractivity (Wildman–Crippen MR) is 96.5 cm³/mol. The molecule has 0 amide bonds. The minimum absolute atomic E-state index is 0.0890. The van der Waals surface area contributed by atoms with Crippen LogP contribution in [0.4, 0.5) is 0 Å². The molecule has 1 heterocycles. The third-order valence-electron chi connectivity index (χ3n) is 3.72. The Morgan fingerprint density at radius 1 is 1.23 bits per heavy atom. The molecule has 2 aromatic rings. The van der Waals surface area contributed by atoms with Gasteiger partial charge in [-0.15, -0.1) is 11.3 Å². The number of halogens is 1. The van der Waals surface area contributed by atoms with Crippen LogP contribution in [0.3, 0.4) is 0 Å². The summed E-state index contributed by atoms with van der Waals surface area (Å²) in [6.45, 7) is 9.82. The second-order valence-electron chi connectivity index (χ2n) is 6.37. The van der Waals surface area contributed by atoms with Crippen LogP contribution in [0.2, 0.25) is 4.34 Å². The first kappa shape index (κ1) is 17.3. The van der Waals surface area contributed by atoms with E-state index in [0.717, 1.165) is 15.6 Å². The van der Waals surface area contributed by atoms with E-state index in [9.17, 15) is 0 Å². The Labute approximate surface area is 142 Å². The molecule has 4 heteroatoms. The second-order valence-corrected chi connectivity index (χ2v) is 8.11. The molecule has 2 rings (SSSR count). The fourth-order valence-electron chi connectivity index (χ4n) is 2.49. The van der Waals surface area contributed by atoms with Crippen molar-refractivity contribution < 1.29 is 4.74 Å². The van der Waals surface area contributed by atoms with Crippen LogP contribution in [-0.4, -0.2) is 13.2 Å². The van der Waals surface area contributed by atoms with Crippen LogP contribution in [0.5, 0.6) is 5.75 Å². The molecule has 22 heavy (non-hydrogen) atoms. The quantitative estimate of drug-likeness (QED) is 0.815. The van der Waals surface area contributed by atoms with Gasteiger partial charge in [-0.2, -0.15) is 0 Å². The van der Waals surface area contributed by atoms with Gasteiger partial charge in [0.15, 0.2) is 0 Å². The number of ether oxygens (including phenoxy) is 1. The third-order valence-corrected chi connectivity index (χ3v) is 5.07. The first-order chi connectivity index (χ1) is 10.4. The van der Waals surface area contributed by atoms with Crippen LogP contribution in [-0.2, 0) is 5.41 Å². The van der Waals surface area contributed by atoms with Crippen molar-refractivity contribution in [3.63, 3.8) is 0 Å². The summed E-state index contributed by atoms with van der Waals surface area (Å²) in [6.07, 6.45) is 0. The molecule has 0 fully saturated rings. The lowest BCUT2D eigenvalue weighted by atomic mass is 9.84. The zero-order valence-electron chi connectivity index (χ0n) is 13.7. The van der Waals surface area contributed by atoms with Crippen LogP contribution < -0.4 is 10.5 Å². The van der Waals surface area contributed by atoms with E-state index in [-0.39, 0.29) is 11.3 Å². The number of hydrogen-bond donors (Lipinski definition) is 1. The first-order valence-corrected chi connectivity index (χ1v) is 8.78. The van der Waals surface area contributed by atoms with Crippen LogP contribution >= 0.6 is 22.9 Å². The van der Waals surface area contributed by atoms with Crippen molar-refractivity contribution in [3.8, 4) is 5.75 Å². The Kier molecular flexibility index (Phi) is 5.54.